The zero-order valence-corrected chi connectivity index (χ0v) is 14.1. The van der Waals surface area contributed by atoms with Crippen LogP contribution in [-0.2, 0) is 16.0 Å². The average molecular weight is 333 g/mol. The van der Waals surface area contributed by atoms with Crippen molar-refractivity contribution < 1.29 is 14.7 Å². The number of rotatable bonds is 7. The number of nitrogens with one attached hydrogen (secondary N) is 1. The second kappa shape index (κ2) is 8.80. The van der Waals surface area contributed by atoms with Crippen LogP contribution in [0.3, 0.4) is 0 Å². The summed E-state index contributed by atoms with van der Waals surface area (Å²) in [4.78, 5) is 25.6. The smallest absolute Gasteiger partial charge is 0.224 e. The first-order valence-corrected chi connectivity index (χ1v) is 8.53. The third-order valence-electron chi connectivity index (χ3n) is 4.35. The number of aliphatic hydroxyl groups is 1. The van der Waals surface area contributed by atoms with Crippen LogP contribution in [0.2, 0.25) is 0 Å². The molecule has 0 aliphatic carbocycles. The Labute approximate surface area is 143 Å². The molecule has 132 valence electrons. The van der Waals surface area contributed by atoms with E-state index in [1.165, 1.54) is 0 Å². The SMILES string of the molecule is CCC(=O)NCC1CC(O)CN1C(=O)CC(N)Cc1ccccc1. The molecule has 2 rings (SSSR count). The van der Waals surface area contributed by atoms with Crippen molar-refractivity contribution in [1.29, 1.82) is 0 Å². The predicted octanol–water partition coefficient (Wildman–Crippen LogP) is 0.435. The number of amides is 2. The summed E-state index contributed by atoms with van der Waals surface area (Å²) >= 11 is 0. The second-order valence-corrected chi connectivity index (χ2v) is 6.40. The van der Waals surface area contributed by atoms with Gasteiger partial charge < -0.3 is 21.1 Å². The molecule has 0 spiro atoms. The quantitative estimate of drug-likeness (QED) is 0.674. The van der Waals surface area contributed by atoms with Gasteiger partial charge in [-0.2, -0.15) is 0 Å². The van der Waals surface area contributed by atoms with E-state index in [-0.39, 0.29) is 30.3 Å². The first kappa shape index (κ1) is 18.4. The Balaban J connectivity index is 1.87. The fourth-order valence-electron chi connectivity index (χ4n) is 3.08. The van der Waals surface area contributed by atoms with Gasteiger partial charge in [-0.1, -0.05) is 37.3 Å². The summed E-state index contributed by atoms with van der Waals surface area (Å²) in [7, 11) is 0. The summed E-state index contributed by atoms with van der Waals surface area (Å²) < 4.78 is 0. The lowest BCUT2D eigenvalue weighted by molar-refractivity contribution is -0.133. The van der Waals surface area contributed by atoms with Crippen molar-refractivity contribution >= 4 is 11.8 Å². The van der Waals surface area contributed by atoms with E-state index in [4.69, 9.17) is 5.73 Å². The van der Waals surface area contributed by atoms with Crippen molar-refractivity contribution in [1.82, 2.24) is 10.2 Å². The van der Waals surface area contributed by atoms with Crippen molar-refractivity contribution in [3.05, 3.63) is 35.9 Å². The molecule has 2 amide bonds. The molecule has 1 saturated heterocycles. The molecular weight excluding hydrogens is 306 g/mol. The summed E-state index contributed by atoms with van der Waals surface area (Å²) in [5, 5.41) is 12.7. The largest absolute Gasteiger partial charge is 0.391 e. The van der Waals surface area contributed by atoms with Crippen LogP contribution in [0.1, 0.15) is 31.7 Å². The first-order chi connectivity index (χ1) is 11.5. The van der Waals surface area contributed by atoms with Crippen molar-refractivity contribution in [3.8, 4) is 0 Å². The summed E-state index contributed by atoms with van der Waals surface area (Å²) in [6.45, 7) is 2.47. The lowest BCUT2D eigenvalue weighted by atomic mass is 10.0. The van der Waals surface area contributed by atoms with Gasteiger partial charge in [0, 0.05) is 32.0 Å². The highest BCUT2D eigenvalue weighted by Gasteiger charge is 2.34. The minimum atomic E-state index is -0.539. The lowest BCUT2D eigenvalue weighted by Gasteiger charge is -2.26. The molecule has 0 bridgehead atoms. The number of β-amino-alcohol motifs (C(OH)–C–C–N with tert-alkyl or cyclic N) is 1. The molecular formula is C18H27N3O3. The maximum absolute atomic E-state index is 12.5. The van der Waals surface area contributed by atoms with Gasteiger partial charge in [-0.25, -0.2) is 0 Å². The van der Waals surface area contributed by atoms with Gasteiger partial charge in [0.05, 0.1) is 12.1 Å². The minimum absolute atomic E-state index is 0.0513. The molecule has 3 atom stereocenters. The van der Waals surface area contributed by atoms with Gasteiger partial charge in [0.2, 0.25) is 11.8 Å². The number of likely N-dealkylation sites (tertiary alicyclic amines) is 1. The Morgan fingerprint density at radius 2 is 2.08 bits per heavy atom. The molecule has 1 aromatic carbocycles. The molecule has 1 aromatic rings. The number of carbonyl (C=O) groups is 2. The molecule has 4 N–H and O–H groups in total. The number of nitrogens with zero attached hydrogens (tertiary/aromatic N) is 1. The maximum atomic E-state index is 12.5. The molecule has 6 nitrogen and oxygen atoms in total. The number of aliphatic hydroxyl groups excluding tert-OH is 1. The normalized spacial score (nSPS) is 21.5. The van der Waals surface area contributed by atoms with Gasteiger partial charge >= 0.3 is 0 Å². The molecule has 1 aliphatic heterocycles. The Kier molecular flexibility index (Phi) is 6.75. The van der Waals surface area contributed by atoms with E-state index >= 15 is 0 Å². The molecule has 1 heterocycles. The first-order valence-electron chi connectivity index (χ1n) is 8.53. The van der Waals surface area contributed by atoms with Crippen molar-refractivity contribution in [3.63, 3.8) is 0 Å². The van der Waals surface area contributed by atoms with Crippen molar-refractivity contribution in [2.24, 2.45) is 5.73 Å². The fourth-order valence-corrected chi connectivity index (χ4v) is 3.08. The fraction of sp³-hybridized carbons (Fsp3) is 0.556. The van der Waals surface area contributed by atoms with Crippen LogP contribution in [-0.4, -0.2) is 53.1 Å². The van der Waals surface area contributed by atoms with Crippen LogP contribution in [0.25, 0.3) is 0 Å². The van der Waals surface area contributed by atoms with Crippen LogP contribution in [0.4, 0.5) is 0 Å². The third kappa shape index (κ3) is 5.32. The second-order valence-electron chi connectivity index (χ2n) is 6.40. The average Bonchev–Trinajstić information content (AvgIpc) is 2.94. The van der Waals surface area contributed by atoms with E-state index in [9.17, 15) is 14.7 Å². The number of nitrogens with two attached hydrogens (primary N) is 1. The van der Waals surface area contributed by atoms with Crippen molar-refractivity contribution in [2.45, 2.75) is 50.8 Å². The topological polar surface area (TPSA) is 95.7 Å². The highest BCUT2D eigenvalue weighted by molar-refractivity contribution is 5.78. The van der Waals surface area contributed by atoms with E-state index in [1.54, 1.807) is 11.8 Å². The van der Waals surface area contributed by atoms with E-state index < -0.39 is 6.10 Å². The third-order valence-corrected chi connectivity index (χ3v) is 4.35. The number of carbonyl (C=O) groups excluding carboxylic acids is 2. The van der Waals surface area contributed by atoms with Crippen molar-refractivity contribution in [2.75, 3.05) is 13.1 Å². The predicted molar refractivity (Wildman–Crippen MR) is 92.2 cm³/mol. The van der Waals surface area contributed by atoms with Crippen LogP contribution >= 0.6 is 0 Å². The maximum Gasteiger partial charge on any atom is 0.224 e. The van der Waals surface area contributed by atoms with Crippen LogP contribution in [0.5, 0.6) is 0 Å². The Morgan fingerprint density at radius 3 is 2.75 bits per heavy atom. The molecule has 6 heteroatoms. The zero-order chi connectivity index (χ0) is 17.5. The molecule has 0 aromatic heterocycles. The van der Waals surface area contributed by atoms with E-state index in [0.717, 1.165) is 5.56 Å². The van der Waals surface area contributed by atoms with Gasteiger partial charge in [0.15, 0.2) is 0 Å². The van der Waals surface area contributed by atoms with E-state index in [1.807, 2.05) is 30.3 Å². The van der Waals surface area contributed by atoms with Crippen LogP contribution < -0.4 is 11.1 Å². The van der Waals surface area contributed by atoms with E-state index in [2.05, 4.69) is 5.32 Å². The number of hydrogen-bond donors (Lipinski definition) is 3. The lowest BCUT2D eigenvalue weighted by Crippen LogP contribution is -2.45. The summed E-state index contributed by atoms with van der Waals surface area (Å²) in [6.07, 6.45) is 1.23. The minimum Gasteiger partial charge on any atom is -0.391 e. The number of hydrogen-bond acceptors (Lipinski definition) is 4. The molecule has 1 fully saturated rings. The van der Waals surface area contributed by atoms with Gasteiger partial charge in [0.25, 0.3) is 0 Å². The Morgan fingerprint density at radius 1 is 1.38 bits per heavy atom. The number of benzene rings is 1. The monoisotopic (exact) mass is 333 g/mol. The standard InChI is InChI=1S/C18H27N3O3/c1-2-17(23)20-11-15-10-16(22)12-21(15)18(24)9-14(19)8-13-6-4-3-5-7-13/h3-7,14-16,22H,2,8-12,19H2,1H3,(H,20,23). The molecule has 3 unspecified atom stereocenters. The summed E-state index contributed by atoms with van der Waals surface area (Å²) in [5.41, 5.74) is 7.22. The van der Waals surface area contributed by atoms with Gasteiger partial charge in [-0.3, -0.25) is 9.59 Å². The van der Waals surface area contributed by atoms with Gasteiger partial charge in [0.1, 0.15) is 0 Å². The highest BCUT2D eigenvalue weighted by atomic mass is 16.3. The summed E-state index contributed by atoms with van der Waals surface area (Å²) in [5.74, 6) is -0.115. The highest BCUT2D eigenvalue weighted by Crippen LogP contribution is 2.19. The Bertz CT molecular complexity index is 550. The molecule has 0 saturated carbocycles. The zero-order valence-electron chi connectivity index (χ0n) is 14.1. The Hall–Kier alpha value is -1.92. The van der Waals surface area contributed by atoms with E-state index in [0.29, 0.717) is 32.4 Å². The molecule has 0 radical (unpaired) electrons. The summed E-state index contributed by atoms with van der Waals surface area (Å²) in [6, 6.07) is 9.41. The van der Waals surface area contributed by atoms with Crippen LogP contribution in [0, 0.1) is 0 Å². The van der Waals surface area contributed by atoms with Gasteiger partial charge in [-0.05, 0) is 18.4 Å². The molecule has 24 heavy (non-hydrogen) atoms. The molecule has 1 aliphatic rings. The van der Waals surface area contributed by atoms with Crippen LogP contribution in [0.15, 0.2) is 30.3 Å². The van der Waals surface area contributed by atoms with Gasteiger partial charge in [-0.15, -0.1) is 0 Å².